The highest BCUT2D eigenvalue weighted by Gasteiger charge is 2.79. The van der Waals surface area contributed by atoms with Crippen molar-refractivity contribution in [3.05, 3.63) is 23.8 Å². The summed E-state index contributed by atoms with van der Waals surface area (Å²) in [5.74, 6) is 4.30. The lowest BCUT2D eigenvalue weighted by Gasteiger charge is -2.57. The van der Waals surface area contributed by atoms with Crippen molar-refractivity contribution in [1.82, 2.24) is 0 Å². The van der Waals surface area contributed by atoms with Crippen LogP contribution >= 0.6 is 0 Å². The molecule has 0 amide bonds. The van der Waals surface area contributed by atoms with Gasteiger partial charge in [-0.15, -0.1) is 0 Å². The third kappa shape index (κ3) is 1.67. The molecular weight excluding hydrogens is 324 g/mol. The maximum atomic E-state index is 12.1. The van der Waals surface area contributed by atoms with Crippen molar-refractivity contribution >= 4 is 11.8 Å². The van der Waals surface area contributed by atoms with Crippen LogP contribution in [0.3, 0.4) is 0 Å². The molecule has 138 valence electrons. The first-order chi connectivity index (χ1) is 12.6. The first-order valence-electron chi connectivity index (χ1n) is 10.7. The Morgan fingerprint density at radius 2 is 2.04 bits per heavy atom. The number of carbonyl (C=O) groups excluding carboxylic acids is 2. The van der Waals surface area contributed by atoms with E-state index in [9.17, 15) is 9.59 Å². The van der Waals surface area contributed by atoms with E-state index in [1.807, 2.05) is 6.08 Å². The molecule has 26 heavy (non-hydrogen) atoms. The van der Waals surface area contributed by atoms with E-state index < -0.39 is 0 Å². The van der Waals surface area contributed by atoms with Crippen molar-refractivity contribution in [2.75, 3.05) is 0 Å². The third-order valence-corrected chi connectivity index (χ3v) is 9.33. The zero-order valence-electron chi connectivity index (χ0n) is 15.6. The fraction of sp³-hybridized carbons (Fsp3) is 0.739. The third-order valence-electron chi connectivity index (χ3n) is 9.33. The van der Waals surface area contributed by atoms with Crippen LogP contribution in [0.1, 0.15) is 58.3 Å². The van der Waals surface area contributed by atoms with Crippen LogP contribution in [0.2, 0.25) is 0 Å². The van der Waals surface area contributed by atoms with E-state index in [4.69, 9.17) is 4.74 Å². The van der Waals surface area contributed by atoms with Crippen molar-refractivity contribution in [1.29, 1.82) is 0 Å². The second-order valence-corrected chi connectivity index (χ2v) is 9.80. The second kappa shape index (κ2) is 4.91. The standard InChI is InChI=1S/C23H28O3/c1-2-22-9-7-16-15-6-4-14(24)11-13(15)3-5-17(16)21(22)18-12-19(18)23(22)10-8-20(25)26-23/h3,5,11,15-19,21H,2,4,6-10,12H2,1H3/t15-,16?,17?,18+,19-,21?,22-,23-/m0/s1. The minimum atomic E-state index is -0.147. The summed E-state index contributed by atoms with van der Waals surface area (Å²) in [5.41, 5.74) is 1.34. The van der Waals surface area contributed by atoms with E-state index in [0.717, 1.165) is 31.6 Å². The molecule has 3 unspecified atom stereocenters. The molecule has 1 aliphatic heterocycles. The molecular formula is C23H28O3. The maximum absolute atomic E-state index is 12.1. The topological polar surface area (TPSA) is 43.4 Å². The summed E-state index contributed by atoms with van der Waals surface area (Å²) in [6, 6.07) is 0. The number of rotatable bonds is 1. The second-order valence-electron chi connectivity index (χ2n) is 9.80. The summed E-state index contributed by atoms with van der Waals surface area (Å²) in [6.07, 6.45) is 14.8. The number of carbonyl (C=O) groups is 2. The number of ketones is 1. The Morgan fingerprint density at radius 3 is 2.81 bits per heavy atom. The number of allylic oxidation sites excluding steroid dienone is 4. The van der Waals surface area contributed by atoms with Crippen molar-refractivity contribution < 1.29 is 14.3 Å². The average molecular weight is 352 g/mol. The van der Waals surface area contributed by atoms with Crippen LogP contribution in [-0.2, 0) is 14.3 Å². The molecule has 3 heteroatoms. The van der Waals surface area contributed by atoms with Gasteiger partial charge < -0.3 is 4.74 Å². The summed E-state index contributed by atoms with van der Waals surface area (Å²) in [7, 11) is 0. The Kier molecular flexibility index (Phi) is 2.96. The molecule has 1 saturated heterocycles. The molecule has 0 aromatic carbocycles. The van der Waals surface area contributed by atoms with Gasteiger partial charge in [-0.25, -0.2) is 0 Å². The Balaban J connectivity index is 1.43. The van der Waals surface area contributed by atoms with Crippen molar-refractivity contribution in [3.8, 4) is 0 Å². The Labute approximate surface area is 155 Å². The van der Waals surface area contributed by atoms with E-state index in [1.165, 1.54) is 24.8 Å². The molecule has 0 aromatic heterocycles. The van der Waals surface area contributed by atoms with Gasteiger partial charge in [-0.1, -0.05) is 19.1 Å². The van der Waals surface area contributed by atoms with Gasteiger partial charge in [-0.3, -0.25) is 9.59 Å². The molecule has 1 heterocycles. The molecule has 1 spiro atoms. The zero-order valence-corrected chi connectivity index (χ0v) is 15.6. The van der Waals surface area contributed by atoms with Gasteiger partial charge >= 0.3 is 5.97 Å². The van der Waals surface area contributed by atoms with Crippen LogP contribution in [0.25, 0.3) is 0 Å². The fourth-order valence-corrected chi connectivity index (χ4v) is 8.46. The molecule has 8 atom stereocenters. The van der Waals surface area contributed by atoms with Gasteiger partial charge in [-0.05, 0) is 79.8 Å². The first-order valence-corrected chi connectivity index (χ1v) is 10.7. The number of hydrogen-bond donors (Lipinski definition) is 0. The SMILES string of the molecule is CC[C@]12CCC3C(C=CC4=CC(=O)CC[C@@H]43)C1[C@@H]1C[C@@H]1[C@@]21CCC(=O)O1. The summed E-state index contributed by atoms with van der Waals surface area (Å²) in [4.78, 5) is 24.0. The average Bonchev–Trinajstić information content (AvgIpc) is 3.29. The maximum Gasteiger partial charge on any atom is 0.306 e. The zero-order chi connectivity index (χ0) is 17.7. The Hall–Kier alpha value is -1.38. The molecule has 0 aromatic rings. The molecule has 6 rings (SSSR count). The lowest BCUT2D eigenvalue weighted by Crippen LogP contribution is -2.55. The molecule has 6 aliphatic rings. The summed E-state index contributed by atoms with van der Waals surface area (Å²) in [6.45, 7) is 2.34. The largest absolute Gasteiger partial charge is 0.458 e. The minimum absolute atomic E-state index is 0.0430. The normalized spacial score (nSPS) is 53.5. The lowest BCUT2D eigenvalue weighted by atomic mass is 9.49. The fourth-order valence-electron chi connectivity index (χ4n) is 8.46. The van der Waals surface area contributed by atoms with E-state index in [0.29, 0.717) is 41.8 Å². The predicted molar refractivity (Wildman–Crippen MR) is 97.0 cm³/mol. The molecule has 0 radical (unpaired) electrons. The summed E-state index contributed by atoms with van der Waals surface area (Å²) < 4.78 is 6.21. The van der Waals surface area contributed by atoms with Gasteiger partial charge in [-0.2, -0.15) is 0 Å². The van der Waals surface area contributed by atoms with Crippen molar-refractivity contribution in [3.63, 3.8) is 0 Å². The van der Waals surface area contributed by atoms with Crippen molar-refractivity contribution in [2.45, 2.75) is 63.9 Å². The Morgan fingerprint density at radius 1 is 1.15 bits per heavy atom. The predicted octanol–water partition coefficient (Wildman–Crippen LogP) is 4.23. The highest BCUT2D eigenvalue weighted by molar-refractivity contribution is 5.92. The van der Waals surface area contributed by atoms with Gasteiger partial charge in [0.25, 0.3) is 0 Å². The Bertz CT molecular complexity index is 763. The molecule has 0 bridgehead atoms. The van der Waals surface area contributed by atoms with Crippen LogP contribution in [0, 0.1) is 40.9 Å². The number of esters is 1. The van der Waals surface area contributed by atoms with Gasteiger partial charge in [0.2, 0.25) is 0 Å². The number of ether oxygens (including phenoxy) is 1. The molecule has 3 nitrogen and oxygen atoms in total. The first kappa shape index (κ1) is 15.7. The van der Waals surface area contributed by atoms with E-state index in [-0.39, 0.29) is 17.0 Å². The van der Waals surface area contributed by atoms with E-state index >= 15 is 0 Å². The van der Waals surface area contributed by atoms with Gasteiger partial charge in [0.1, 0.15) is 5.60 Å². The smallest absolute Gasteiger partial charge is 0.306 e. The summed E-state index contributed by atoms with van der Waals surface area (Å²) >= 11 is 0. The van der Waals surface area contributed by atoms with E-state index in [1.54, 1.807) is 0 Å². The van der Waals surface area contributed by atoms with Crippen LogP contribution in [-0.4, -0.2) is 17.4 Å². The highest BCUT2D eigenvalue weighted by atomic mass is 16.6. The van der Waals surface area contributed by atoms with Gasteiger partial charge in [0.05, 0.1) is 0 Å². The summed E-state index contributed by atoms with van der Waals surface area (Å²) in [5, 5.41) is 0. The van der Waals surface area contributed by atoms with E-state index in [2.05, 4.69) is 19.1 Å². The minimum Gasteiger partial charge on any atom is -0.458 e. The number of fused-ring (bicyclic) bond motifs is 9. The molecule has 4 fully saturated rings. The van der Waals surface area contributed by atoms with Gasteiger partial charge in [0, 0.05) is 24.2 Å². The quantitative estimate of drug-likeness (QED) is 0.664. The molecule has 3 saturated carbocycles. The van der Waals surface area contributed by atoms with Crippen molar-refractivity contribution in [2.24, 2.45) is 40.9 Å². The van der Waals surface area contributed by atoms with Crippen LogP contribution in [0.15, 0.2) is 23.8 Å². The lowest BCUT2D eigenvalue weighted by molar-refractivity contribution is -0.175. The monoisotopic (exact) mass is 352 g/mol. The molecule has 5 aliphatic carbocycles. The van der Waals surface area contributed by atoms with Gasteiger partial charge in [0.15, 0.2) is 5.78 Å². The van der Waals surface area contributed by atoms with Crippen LogP contribution in [0.5, 0.6) is 0 Å². The molecule has 0 N–H and O–H groups in total. The highest BCUT2D eigenvalue weighted by Crippen LogP contribution is 2.79. The van der Waals surface area contributed by atoms with Crippen LogP contribution < -0.4 is 0 Å². The van der Waals surface area contributed by atoms with Crippen LogP contribution in [0.4, 0.5) is 0 Å². The number of hydrogen-bond acceptors (Lipinski definition) is 3.